The zero-order valence-electron chi connectivity index (χ0n) is 21.9. The molecule has 4 rings (SSSR count). The van der Waals surface area contributed by atoms with Gasteiger partial charge in [-0.25, -0.2) is 4.98 Å². The lowest BCUT2D eigenvalue weighted by molar-refractivity contribution is -0.153. The molecule has 0 radical (unpaired) electrons. The minimum Gasteiger partial charge on any atom is -0.494 e. The molecule has 2 aromatic carbocycles. The summed E-state index contributed by atoms with van der Waals surface area (Å²) >= 11 is 0. The number of carbonyl (C=O) groups is 2. The van der Waals surface area contributed by atoms with Gasteiger partial charge in [-0.05, 0) is 61.4 Å². The highest BCUT2D eigenvalue weighted by Gasteiger charge is 2.47. The van der Waals surface area contributed by atoms with Gasteiger partial charge < -0.3 is 14.0 Å². The van der Waals surface area contributed by atoms with Crippen LogP contribution in [0.1, 0.15) is 59.1 Å². The van der Waals surface area contributed by atoms with Crippen molar-refractivity contribution in [3.05, 3.63) is 54.1 Å². The van der Waals surface area contributed by atoms with Crippen LogP contribution < -0.4 is 9.64 Å². The van der Waals surface area contributed by atoms with E-state index in [-0.39, 0.29) is 12.5 Å². The van der Waals surface area contributed by atoms with Crippen molar-refractivity contribution in [1.82, 2.24) is 9.55 Å². The number of benzene rings is 2. The van der Waals surface area contributed by atoms with E-state index in [9.17, 15) is 9.59 Å². The molecule has 1 aliphatic heterocycles. The smallest absolute Gasteiger partial charge is 0.321 e. The lowest BCUT2D eigenvalue weighted by atomic mass is 9.89. The summed E-state index contributed by atoms with van der Waals surface area (Å²) in [5, 5.41) is 0. The van der Waals surface area contributed by atoms with Gasteiger partial charge in [-0.3, -0.25) is 14.5 Å². The van der Waals surface area contributed by atoms with Gasteiger partial charge in [0, 0.05) is 6.54 Å². The third-order valence-electron chi connectivity index (χ3n) is 6.60. The summed E-state index contributed by atoms with van der Waals surface area (Å²) in [7, 11) is 0. The van der Waals surface area contributed by atoms with Gasteiger partial charge >= 0.3 is 5.97 Å². The molecule has 36 heavy (non-hydrogen) atoms. The Bertz CT molecular complexity index is 1200. The first-order chi connectivity index (χ1) is 17.3. The highest BCUT2D eigenvalue weighted by atomic mass is 16.5. The van der Waals surface area contributed by atoms with Crippen LogP contribution in [-0.2, 0) is 14.3 Å². The number of imidazole rings is 1. The van der Waals surface area contributed by atoms with Crippen LogP contribution in [0.15, 0.2) is 48.5 Å². The topological polar surface area (TPSA) is 73.7 Å². The molecule has 0 fully saturated rings. The lowest BCUT2D eigenvalue weighted by Gasteiger charge is -2.38. The lowest BCUT2D eigenvalue weighted by Crippen LogP contribution is -2.50. The standard InChI is InChI=1S/C29H37N3O4/c1-6-35-28(34)25-26(21-11-13-22(14-12-21)36-18-16-20(4)5)32-24-10-8-7-9-23(24)30-29(32)31(27(25)33)17-15-19(2)3/h7-14,19-20,25-26H,6,15-18H2,1-5H3/t25-,26+/m0/s1. The maximum absolute atomic E-state index is 13.9. The van der Waals surface area contributed by atoms with Crippen molar-refractivity contribution in [1.29, 1.82) is 0 Å². The zero-order valence-corrected chi connectivity index (χ0v) is 21.9. The second kappa shape index (κ2) is 11.1. The summed E-state index contributed by atoms with van der Waals surface area (Å²) < 4.78 is 13.4. The summed E-state index contributed by atoms with van der Waals surface area (Å²) in [4.78, 5) is 33.7. The predicted molar refractivity (Wildman–Crippen MR) is 141 cm³/mol. The molecule has 192 valence electrons. The van der Waals surface area contributed by atoms with E-state index in [0.29, 0.717) is 30.9 Å². The Morgan fingerprint density at radius 2 is 1.69 bits per heavy atom. The molecule has 0 unspecified atom stereocenters. The first kappa shape index (κ1) is 25.7. The number of hydrogen-bond acceptors (Lipinski definition) is 5. The van der Waals surface area contributed by atoms with E-state index in [1.165, 1.54) is 0 Å². The monoisotopic (exact) mass is 491 g/mol. The average Bonchev–Trinajstić information content (AvgIpc) is 3.22. The Labute approximate surface area is 213 Å². The van der Waals surface area contributed by atoms with Crippen molar-refractivity contribution >= 4 is 28.9 Å². The number of esters is 1. The third kappa shape index (κ3) is 5.25. The van der Waals surface area contributed by atoms with E-state index in [4.69, 9.17) is 14.5 Å². The number of fused-ring (bicyclic) bond motifs is 3. The largest absolute Gasteiger partial charge is 0.494 e. The van der Waals surface area contributed by atoms with Crippen molar-refractivity contribution < 1.29 is 19.1 Å². The number of amides is 1. The van der Waals surface area contributed by atoms with Crippen LogP contribution in [0.2, 0.25) is 0 Å². The molecule has 3 aromatic rings. The number of carbonyl (C=O) groups excluding carboxylic acids is 2. The fraction of sp³-hybridized carbons (Fsp3) is 0.483. The predicted octanol–water partition coefficient (Wildman–Crippen LogP) is 5.62. The van der Waals surface area contributed by atoms with Crippen LogP contribution in [-0.4, -0.2) is 41.2 Å². The minimum absolute atomic E-state index is 0.210. The molecule has 0 aliphatic carbocycles. The normalized spacial score (nSPS) is 17.6. The molecule has 7 nitrogen and oxygen atoms in total. The molecule has 1 aromatic heterocycles. The van der Waals surface area contributed by atoms with Gasteiger partial charge in [-0.15, -0.1) is 0 Å². The van der Waals surface area contributed by atoms with Crippen LogP contribution in [0, 0.1) is 17.8 Å². The van der Waals surface area contributed by atoms with Crippen molar-refractivity contribution in [2.45, 2.75) is 53.5 Å². The Morgan fingerprint density at radius 3 is 2.36 bits per heavy atom. The van der Waals surface area contributed by atoms with E-state index < -0.39 is 17.9 Å². The van der Waals surface area contributed by atoms with Crippen LogP contribution in [0.3, 0.4) is 0 Å². The van der Waals surface area contributed by atoms with Crippen molar-refractivity contribution in [2.75, 3.05) is 24.7 Å². The molecule has 1 amide bonds. The van der Waals surface area contributed by atoms with Gasteiger partial charge in [0.2, 0.25) is 11.9 Å². The molecule has 1 aliphatic rings. The number of ether oxygens (including phenoxy) is 2. The second-order valence-electron chi connectivity index (χ2n) is 10.2. The summed E-state index contributed by atoms with van der Waals surface area (Å²) in [5.41, 5.74) is 2.51. The first-order valence-electron chi connectivity index (χ1n) is 13.0. The fourth-order valence-electron chi connectivity index (χ4n) is 4.62. The molecular weight excluding hydrogens is 454 g/mol. The third-order valence-corrected chi connectivity index (χ3v) is 6.60. The van der Waals surface area contributed by atoms with Crippen LogP contribution >= 0.6 is 0 Å². The molecule has 2 atom stereocenters. The zero-order chi connectivity index (χ0) is 25.8. The molecule has 0 bridgehead atoms. The molecule has 7 heteroatoms. The van der Waals surface area contributed by atoms with E-state index >= 15 is 0 Å². The maximum atomic E-state index is 13.9. The molecule has 0 saturated heterocycles. The Hall–Kier alpha value is -3.35. The van der Waals surface area contributed by atoms with Crippen LogP contribution in [0.5, 0.6) is 5.75 Å². The van der Waals surface area contributed by atoms with Gasteiger partial charge in [-0.1, -0.05) is 52.0 Å². The summed E-state index contributed by atoms with van der Waals surface area (Å²) in [6.45, 7) is 11.7. The Morgan fingerprint density at radius 1 is 1.00 bits per heavy atom. The quantitative estimate of drug-likeness (QED) is 0.272. The van der Waals surface area contributed by atoms with Crippen molar-refractivity contribution in [2.24, 2.45) is 17.8 Å². The van der Waals surface area contributed by atoms with E-state index in [1.54, 1.807) is 11.8 Å². The van der Waals surface area contributed by atoms with Crippen LogP contribution in [0.25, 0.3) is 11.0 Å². The summed E-state index contributed by atoms with van der Waals surface area (Å²) in [6.07, 6.45) is 1.78. The van der Waals surface area contributed by atoms with Crippen molar-refractivity contribution in [3.63, 3.8) is 0 Å². The Balaban J connectivity index is 1.81. The van der Waals surface area contributed by atoms with E-state index in [1.807, 2.05) is 53.1 Å². The maximum Gasteiger partial charge on any atom is 0.321 e. The molecule has 0 N–H and O–H groups in total. The number of hydrogen-bond donors (Lipinski definition) is 0. The minimum atomic E-state index is -1.00. The molecular formula is C29H37N3O4. The molecule has 0 spiro atoms. The molecule has 2 heterocycles. The van der Waals surface area contributed by atoms with Gasteiger partial charge in [0.25, 0.3) is 0 Å². The second-order valence-corrected chi connectivity index (χ2v) is 10.2. The van der Waals surface area contributed by atoms with E-state index in [2.05, 4.69) is 27.7 Å². The summed E-state index contributed by atoms with van der Waals surface area (Å²) in [6, 6.07) is 14.9. The number of rotatable bonds is 10. The van der Waals surface area contributed by atoms with E-state index in [0.717, 1.165) is 35.2 Å². The highest BCUT2D eigenvalue weighted by Crippen LogP contribution is 2.41. The number of aromatic nitrogens is 2. The van der Waals surface area contributed by atoms with Gasteiger partial charge in [0.15, 0.2) is 5.92 Å². The molecule has 0 saturated carbocycles. The fourth-order valence-corrected chi connectivity index (χ4v) is 4.62. The van der Waals surface area contributed by atoms with Crippen molar-refractivity contribution in [3.8, 4) is 5.75 Å². The first-order valence-corrected chi connectivity index (χ1v) is 13.0. The summed E-state index contributed by atoms with van der Waals surface area (Å²) in [5.74, 6) is 0.525. The number of para-hydroxylation sites is 2. The van der Waals surface area contributed by atoms with Gasteiger partial charge in [0.05, 0.1) is 30.3 Å². The highest BCUT2D eigenvalue weighted by molar-refractivity contribution is 6.08. The average molecular weight is 492 g/mol. The number of nitrogens with zero attached hydrogens (tertiary/aromatic N) is 3. The van der Waals surface area contributed by atoms with Crippen LogP contribution in [0.4, 0.5) is 5.95 Å². The van der Waals surface area contributed by atoms with Gasteiger partial charge in [0.1, 0.15) is 5.75 Å². The van der Waals surface area contributed by atoms with Gasteiger partial charge in [-0.2, -0.15) is 0 Å². The number of anilines is 1. The Kier molecular flexibility index (Phi) is 7.97. The SMILES string of the molecule is CCOC(=O)[C@@H]1C(=O)N(CCC(C)C)c2nc3ccccc3n2[C@@H]1c1ccc(OCCC(C)C)cc1.